The molecule has 0 aliphatic rings. The van der Waals surface area contributed by atoms with E-state index in [-0.39, 0.29) is 10.8 Å². The van der Waals surface area contributed by atoms with E-state index in [0.29, 0.717) is 11.4 Å². The molecule has 0 aliphatic heterocycles. The van der Waals surface area contributed by atoms with Gasteiger partial charge in [0.25, 0.3) is 5.91 Å². The zero-order valence-corrected chi connectivity index (χ0v) is 11.0. The monoisotopic (exact) mass is 279 g/mol. The number of nitrogens with zero attached hydrogens (tertiary/aromatic N) is 1. The molecule has 1 aromatic carbocycles. The summed E-state index contributed by atoms with van der Waals surface area (Å²) in [7, 11) is -1.95. The van der Waals surface area contributed by atoms with Crippen LogP contribution in [-0.4, -0.2) is 18.9 Å². The Labute approximate surface area is 110 Å². The lowest BCUT2D eigenvalue weighted by Crippen LogP contribution is -2.16. The average molecular weight is 279 g/mol. The van der Waals surface area contributed by atoms with Crippen molar-refractivity contribution in [3.63, 3.8) is 0 Å². The number of rotatable bonds is 3. The molecule has 0 saturated carbocycles. The minimum atomic E-state index is -3.71. The van der Waals surface area contributed by atoms with Gasteiger partial charge in [-0.3, -0.25) is 4.79 Å². The number of aromatic nitrogens is 1. The van der Waals surface area contributed by atoms with E-state index in [2.05, 4.69) is 5.32 Å². The van der Waals surface area contributed by atoms with Crippen LogP contribution in [0, 0.1) is 0 Å². The number of carbonyl (C=O) groups excluding carboxylic acids is 1. The number of amides is 1. The Balaban J connectivity index is 2.17. The van der Waals surface area contributed by atoms with Crippen molar-refractivity contribution in [2.24, 2.45) is 12.2 Å². The van der Waals surface area contributed by atoms with E-state index in [4.69, 9.17) is 5.14 Å². The highest BCUT2D eigenvalue weighted by Gasteiger charge is 2.10. The Kier molecular flexibility index (Phi) is 3.41. The smallest absolute Gasteiger partial charge is 0.272 e. The number of anilines is 1. The van der Waals surface area contributed by atoms with Gasteiger partial charge in [-0.25, -0.2) is 13.6 Å². The number of carbonyl (C=O) groups is 1. The molecule has 0 bridgehead atoms. The number of aryl methyl sites for hydroxylation is 1. The third kappa shape index (κ3) is 3.01. The predicted octanol–water partition coefficient (Wildman–Crippen LogP) is 0.925. The largest absolute Gasteiger partial charge is 0.347 e. The summed E-state index contributed by atoms with van der Waals surface area (Å²) in [5.74, 6) is -0.268. The third-order valence-corrected chi connectivity index (χ3v) is 3.55. The van der Waals surface area contributed by atoms with Gasteiger partial charge in [-0.2, -0.15) is 0 Å². The molecule has 1 amide bonds. The van der Waals surface area contributed by atoms with Gasteiger partial charge in [-0.15, -0.1) is 0 Å². The maximum Gasteiger partial charge on any atom is 0.272 e. The molecule has 3 N–H and O–H groups in total. The van der Waals surface area contributed by atoms with E-state index in [9.17, 15) is 13.2 Å². The van der Waals surface area contributed by atoms with Crippen molar-refractivity contribution < 1.29 is 13.2 Å². The third-order valence-electron chi connectivity index (χ3n) is 2.62. The minimum absolute atomic E-state index is 0.00404. The van der Waals surface area contributed by atoms with Gasteiger partial charge in [0, 0.05) is 18.9 Å². The highest BCUT2D eigenvalue weighted by Crippen LogP contribution is 2.13. The van der Waals surface area contributed by atoms with E-state index >= 15 is 0 Å². The molecule has 0 fully saturated rings. The lowest BCUT2D eigenvalue weighted by atomic mass is 10.3. The average Bonchev–Trinajstić information content (AvgIpc) is 2.75. The lowest BCUT2D eigenvalue weighted by molar-refractivity contribution is 0.101. The molecule has 0 atom stereocenters. The summed E-state index contributed by atoms with van der Waals surface area (Å²) in [6.45, 7) is 0. The van der Waals surface area contributed by atoms with Crippen LogP contribution in [0.25, 0.3) is 0 Å². The van der Waals surface area contributed by atoms with E-state index in [1.807, 2.05) is 0 Å². The maximum absolute atomic E-state index is 11.9. The van der Waals surface area contributed by atoms with E-state index < -0.39 is 10.0 Å². The van der Waals surface area contributed by atoms with Gasteiger partial charge in [-0.05, 0) is 36.4 Å². The summed E-state index contributed by atoms with van der Waals surface area (Å²) in [6.07, 6.45) is 1.76. The number of hydrogen-bond donors (Lipinski definition) is 2. The molecule has 0 unspecified atom stereocenters. The molecule has 7 heteroatoms. The molecule has 2 rings (SSSR count). The van der Waals surface area contributed by atoms with E-state index in [1.165, 1.54) is 24.3 Å². The van der Waals surface area contributed by atoms with Crippen LogP contribution in [0.1, 0.15) is 10.5 Å². The lowest BCUT2D eigenvalue weighted by Gasteiger charge is -2.06. The second-order valence-corrected chi connectivity index (χ2v) is 5.59. The Morgan fingerprint density at radius 1 is 1.21 bits per heavy atom. The van der Waals surface area contributed by atoms with Gasteiger partial charge >= 0.3 is 0 Å². The number of sulfonamides is 1. The van der Waals surface area contributed by atoms with Crippen molar-refractivity contribution in [1.29, 1.82) is 0 Å². The first-order valence-electron chi connectivity index (χ1n) is 5.43. The highest BCUT2D eigenvalue weighted by atomic mass is 32.2. The van der Waals surface area contributed by atoms with E-state index in [0.717, 1.165) is 0 Å². The van der Waals surface area contributed by atoms with Gasteiger partial charge in [0.1, 0.15) is 5.69 Å². The number of benzene rings is 1. The molecule has 19 heavy (non-hydrogen) atoms. The van der Waals surface area contributed by atoms with Gasteiger partial charge in [-0.1, -0.05) is 0 Å². The topological polar surface area (TPSA) is 94.2 Å². The SMILES string of the molecule is Cn1cccc1C(=O)Nc1ccc(S(N)(=O)=O)cc1. The van der Waals surface area contributed by atoms with Crippen molar-refractivity contribution in [3.8, 4) is 0 Å². The van der Waals surface area contributed by atoms with Crippen LogP contribution in [0.3, 0.4) is 0 Å². The van der Waals surface area contributed by atoms with Crippen molar-refractivity contribution in [1.82, 2.24) is 4.57 Å². The molecular weight excluding hydrogens is 266 g/mol. The second kappa shape index (κ2) is 4.87. The minimum Gasteiger partial charge on any atom is -0.347 e. The molecule has 6 nitrogen and oxygen atoms in total. The van der Waals surface area contributed by atoms with Crippen LogP contribution in [0.5, 0.6) is 0 Å². The van der Waals surface area contributed by atoms with Crippen LogP contribution < -0.4 is 10.5 Å². The first-order chi connectivity index (χ1) is 8.88. The molecule has 1 aromatic heterocycles. The molecule has 0 spiro atoms. The molecule has 100 valence electrons. The normalized spacial score (nSPS) is 11.3. The summed E-state index contributed by atoms with van der Waals surface area (Å²) in [5.41, 5.74) is 1.01. The maximum atomic E-state index is 11.9. The molecule has 0 radical (unpaired) electrons. The van der Waals surface area contributed by atoms with Crippen LogP contribution in [-0.2, 0) is 17.1 Å². The van der Waals surface area contributed by atoms with Crippen molar-refractivity contribution in [2.45, 2.75) is 4.90 Å². The van der Waals surface area contributed by atoms with Crippen LogP contribution in [0.2, 0.25) is 0 Å². The summed E-state index contributed by atoms with van der Waals surface area (Å²) < 4.78 is 23.9. The Bertz CT molecular complexity index is 702. The first kappa shape index (κ1) is 13.3. The fourth-order valence-corrected chi connectivity index (χ4v) is 2.14. The molecule has 2 aromatic rings. The quantitative estimate of drug-likeness (QED) is 0.874. The zero-order valence-electron chi connectivity index (χ0n) is 10.2. The van der Waals surface area contributed by atoms with E-state index in [1.54, 1.807) is 29.9 Å². The van der Waals surface area contributed by atoms with Crippen LogP contribution >= 0.6 is 0 Å². The van der Waals surface area contributed by atoms with Gasteiger partial charge in [0.2, 0.25) is 10.0 Å². The Morgan fingerprint density at radius 2 is 1.84 bits per heavy atom. The van der Waals surface area contributed by atoms with Crippen LogP contribution in [0.15, 0.2) is 47.5 Å². The number of hydrogen-bond acceptors (Lipinski definition) is 3. The molecular formula is C12H13N3O3S. The highest BCUT2D eigenvalue weighted by molar-refractivity contribution is 7.89. The van der Waals surface area contributed by atoms with Crippen molar-refractivity contribution in [2.75, 3.05) is 5.32 Å². The predicted molar refractivity (Wildman–Crippen MR) is 71.2 cm³/mol. The summed E-state index contributed by atoms with van der Waals surface area (Å²) >= 11 is 0. The summed E-state index contributed by atoms with van der Waals surface area (Å²) in [5, 5.41) is 7.66. The fraction of sp³-hybridized carbons (Fsp3) is 0.0833. The number of nitrogens with two attached hydrogens (primary N) is 1. The molecule has 0 aliphatic carbocycles. The Hall–Kier alpha value is -2.12. The summed E-state index contributed by atoms with van der Waals surface area (Å²) in [6, 6.07) is 9.11. The van der Waals surface area contributed by atoms with Gasteiger partial charge < -0.3 is 9.88 Å². The first-order valence-corrected chi connectivity index (χ1v) is 6.98. The Morgan fingerprint density at radius 3 is 2.32 bits per heavy atom. The number of primary sulfonamides is 1. The summed E-state index contributed by atoms with van der Waals surface area (Å²) in [4.78, 5) is 11.9. The fourth-order valence-electron chi connectivity index (χ4n) is 1.62. The second-order valence-electron chi connectivity index (χ2n) is 4.03. The standard InChI is InChI=1S/C12H13N3O3S/c1-15-8-2-3-11(15)12(16)14-9-4-6-10(7-5-9)19(13,17)18/h2-8H,1H3,(H,14,16)(H2,13,17,18). The molecule has 0 saturated heterocycles. The molecule has 1 heterocycles. The van der Waals surface area contributed by atoms with Crippen molar-refractivity contribution in [3.05, 3.63) is 48.3 Å². The zero-order chi connectivity index (χ0) is 14.0. The number of nitrogens with one attached hydrogen (secondary N) is 1. The van der Waals surface area contributed by atoms with Crippen molar-refractivity contribution >= 4 is 21.6 Å². The van der Waals surface area contributed by atoms with Gasteiger partial charge in [0.15, 0.2) is 0 Å². The van der Waals surface area contributed by atoms with Gasteiger partial charge in [0.05, 0.1) is 4.90 Å². The van der Waals surface area contributed by atoms with Crippen LogP contribution in [0.4, 0.5) is 5.69 Å².